The Morgan fingerprint density at radius 2 is 1.41 bits per heavy atom. The van der Waals surface area contributed by atoms with E-state index in [9.17, 15) is 10.2 Å². The lowest BCUT2D eigenvalue weighted by Crippen LogP contribution is -2.14. The van der Waals surface area contributed by atoms with Gasteiger partial charge >= 0.3 is 0 Å². The summed E-state index contributed by atoms with van der Waals surface area (Å²) >= 11 is 0. The van der Waals surface area contributed by atoms with Gasteiger partial charge in [0.1, 0.15) is 11.5 Å². The van der Waals surface area contributed by atoms with E-state index in [2.05, 4.69) is 13.8 Å². The Balaban J connectivity index is 1.73. The van der Waals surface area contributed by atoms with Gasteiger partial charge in [-0.2, -0.15) is 0 Å². The summed E-state index contributed by atoms with van der Waals surface area (Å²) in [5.41, 5.74) is 1.76. The highest BCUT2D eigenvalue weighted by molar-refractivity contribution is 5.52. The summed E-state index contributed by atoms with van der Waals surface area (Å²) in [4.78, 5) is 0. The maximum absolute atomic E-state index is 10.3. The maximum atomic E-state index is 10.3. The lowest BCUT2D eigenvalue weighted by molar-refractivity contribution is 0.174. The van der Waals surface area contributed by atoms with Gasteiger partial charge in [-0.25, -0.2) is 0 Å². The van der Waals surface area contributed by atoms with Crippen molar-refractivity contribution in [2.45, 2.75) is 26.7 Å². The lowest BCUT2D eigenvalue weighted by atomic mass is 9.85. The molecule has 6 nitrogen and oxygen atoms in total. The van der Waals surface area contributed by atoms with E-state index in [4.69, 9.17) is 18.9 Å². The van der Waals surface area contributed by atoms with Gasteiger partial charge in [-0.1, -0.05) is 13.8 Å². The van der Waals surface area contributed by atoms with Crippen molar-refractivity contribution in [2.24, 2.45) is 11.8 Å². The predicted octanol–water partition coefficient (Wildman–Crippen LogP) is 3.90. The van der Waals surface area contributed by atoms with Crippen molar-refractivity contribution < 1.29 is 29.2 Å². The normalized spacial score (nSPS) is 14.7. The highest BCUT2D eigenvalue weighted by Gasteiger charge is 2.22. The first-order valence-electron chi connectivity index (χ1n) is 8.98. The summed E-state index contributed by atoms with van der Waals surface area (Å²) in [5, 5.41) is 20.4. The molecule has 1 aliphatic rings. The van der Waals surface area contributed by atoms with E-state index in [1.165, 1.54) is 7.11 Å². The second-order valence-corrected chi connectivity index (χ2v) is 7.03. The van der Waals surface area contributed by atoms with Crippen LogP contribution in [0.2, 0.25) is 0 Å². The van der Waals surface area contributed by atoms with Crippen LogP contribution in [0.25, 0.3) is 0 Å². The number of hydrogen-bond acceptors (Lipinski definition) is 6. The summed E-state index contributed by atoms with van der Waals surface area (Å²) in [6, 6.07) is 6.85. The number of methoxy groups -OCH3 is 2. The van der Waals surface area contributed by atoms with Gasteiger partial charge in [0.25, 0.3) is 0 Å². The molecule has 0 saturated carbocycles. The minimum absolute atomic E-state index is 0.0987. The molecule has 2 aromatic carbocycles. The van der Waals surface area contributed by atoms with Crippen molar-refractivity contribution in [3.05, 3.63) is 35.4 Å². The molecule has 2 aromatic rings. The molecule has 0 saturated heterocycles. The van der Waals surface area contributed by atoms with Crippen LogP contribution in [0.1, 0.15) is 25.0 Å². The van der Waals surface area contributed by atoms with Crippen LogP contribution in [0.4, 0.5) is 0 Å². The van der Waals surface area contributed by atoms with Gasteiger partial charge in [0, 0.05) is 12.1 Å². The van der Waals surface area contributed by atoms with Gasteiger partial charge in [0.15, 0.2) is 23.0 Å². The molecule has 0 aliphatic carbocycles. The molecule has 1 aliphatic heterocycles. The Morgan fingerprint density at radius 3 is 2.04 bits per heavy atom. The Bertz CT molecular complexity index is 817. The number of phenols is 2. The topological polar surface area (TPSA) is 77.4 Å². The standard InChI is InChI=1S/C21H26O6/c1-12(5-14-8-20-21(9-16(14)22)27-11-26-20)13(2)6-15-7-17(23)19(25-4)10-18(15)24-3/h7-10,12-13,22-23H,5-6,11H2,1-4H3/t12-,13+/m1/s1. The third kappa shape index (κ3) is 3.99. The van der Waals surface area contributed by atoms with Crippen molar-refractivity contribution >= 4 is 0 Å². The number of rotatable bonds is 7. The Labute approximate surface area is 159 Å². The van der Waals surface area contributed by atoms with E-state index >= 15 is 0 Å². The largest absolute Gasteiger partial charge is 0.508 e. The molecule has 2 atom stereocenters. The molecule has 3 rings (SSSR count). The minimum Gasteiger partial charge on any atom is -0.508 e. The molecule has 0 radical (unpaired) electrons. The van der Waals surface area contributed by atoms with Crippen LogP contribution in [0, 0.1) is 11.8 Å². The van der Waals surface area contributed by atoms with Crippen molar-refractivity contribution in [1.82, 2.24) is 0 Å². The first kappa shape index (κ1) is 19.0. The van der Waals surface area contributed by atoms with Crippen molar-refractivity contribution in [2.75, 3.05) is 21.0 Å². The molecule has 0 aromatic heterocycles. The molecule has 1 heterocycles. The Kier molecular flexibility index (Phi) is 5.54. The van der Waals surface area contributed by atoms with E-state index in [-0.39, 0.29) is 30.1 Å². The lowest BCUT2D eigenvalue weighted by Gasteiger charge is -2.22. The van der Waals surface area contributed by atoms with Gasteiger partial charge in [-0.05, 0) is 47.9 Å². The summed E-state index contributed by atoms with van der Waals surface area (Å²) in [7, 11) is 3.12. The van der Waals surface area contributed by atoms with Crippen molar-refractivity contribution in [3.63, 3.8) is 0 Å². The average Bonchev–Trinajstić information content (AvgIpc) is 3.09. The molecule has 0 spiro atoms. The van der Waals surface area contributed by atoms with Gasteiger partial charge in [-0.15, -0.1) is 0 Å². The zero-order valence-corrected chi connectivity index (χ0v) is 16.1. The van der Waals surface area contributed by atoms with Gasteiger partial charge < -0.3 is 29.2 Å². The molecular formula is C21H26O6. The number of hydrogen-bond donors (Lipinski definition) is 2. The van der Waals surface area contributed by atoms with Gasteiger partial charge in [-0.3, -0.25) is 0 Å². The highest BCUT2D eigenvalue weighted by Crippen LogP contribution is 2.40. The monoisotopic (exact) mass is 374 g/mol. The molecular weight excluding hydrogens is 348 g/mol. The Hall–Kier alpha value is -2.76. The smallest absolute Gasteiger partial charge is 0.231 e. The van der Waals surface area contributed by atoms with E-state index < -0.39 is 0 Å². The molecule has 146 valence electrons. The highest BCUT2D eigenvalue weighted by atomic mass is 16.7. The molecule has 0 unspecified atom stereocenters. The summed E-state index contributed by atoms with van der Waals surface area (Å²) in [6.07, 6.45) is 1.43. The van der Waals surface area contributed by atoms with Gasteiger partial charge in [0.05, 0.1) is 14.2 Å². The zero-order chi connectivity index (χ0) is 19.6. The molecule has 0 bridgehead atoms. The molecule has 0 fully saturated rings. The molecule has 6 heteroatoms. The zero-order valence-electron chi connectivity index (χ0n) is 16.1. The van der Waals surface area contributed by atoms with Crippen LogP contribution in [-0.4, -0.2) is 31.2 Å². The number of benzene rings is 2. The first-order valence-corrected chi connectivity index (χ1v) is 8.98. The fraction of sp³-hybridized carbons (Fsp3) is 0.429. The summed E-state index contributed by atoms with van der Waals surface area (Å²) in [6.45, 7) is 4.48. The summed E-state index contributed by atoms with van der Waals surface area (Å²) < 4.78 is 21.3. The quantitative estimate of drug-likeness (QED) is 0.765. The van der Waals surface area contributed by atoms with E-state index in [0.717, 1.165) is 17.5 Å². The number of phenolic OH excluding ortho intramolecular Hbond substituents is 2. The van der Waals surface area contributed by atoms with E-state index in [0.29, 0.717) is 29.4 Å². The Morgan fingerprint density at radius 1 is 0.815 bits per heavy atom. The minimum atomic E-state index is 0.0987. The van der Waals surface area contributed by atoms with Crippen molar-refractivity contribution in [3.8, 4) is 34.5 Å². The predicted molar refractivity (Wildman–Crippen MR) is 101 cm³/mol. The van der Waals surface area contributed by atoms with Crippen molar-refractivity contribution in [1.29, 1.82) is 0 Å². The van der Waals surface area contributed by atoms with Crippen LogP contribution in [-0.2, 0) is 12.8 Å². The van der Waals surface area contributed by atoms with Crippen LogP contribution < -0.4 is 18.9 Å². The molecule has 27 heavy (non-hydrogen) atoms. The van der Waals surface area contributed by atoms with Crippen LogP contribution in [0.15, 0.2) is 24.3 Å². The van der Waals surface area contributed by atoms with Crippen LogP contribution in [0.5, 0.6) is 34.5 Å². The first-order chi connectivity index (χ1) is 12.9. The molecule has 0 amide bonds. The van der Waals surface area contributed by atoms with E-state index in [1.807, 2.05) is 6.07 Å². The SMILES string of the molecule is COc1cc(OC)c(C[C@H](C)[C@H](C)Cc2cc3c(cc2O)OCO3)cc1O. The number of aromatic hydroxyl groups is 2. The fourth-order valence-electron chi connectivity index (χ4n) is 3.34. The summed E-state index contributed by atoms with van der Waals surface area (Å²) in [5.74, 6) is 3.22. The third-order valence-corrected chi connectivity index (χ3v) is 5.21. The van der Waals surface area contributed by atoms with Gasteiger partial charge in [0.2, 0.25) is 6.79 Å². The van der Waals surface area contributed by atoms with E-state index in [1.54, 1.807) is 25.3 Å². The fourth-order valence-corrected chi connectivity index (χ4v) is 3.34. The average molecular weight is 374 g/mol. The van der Waals surface area contributed by atoms with Crippen LogP contribution >= 0.6 is 0 Å². The second kappa shape index (κ2) is 7.86. The number of ether oxygens (including phenoxy) is 4. The third-order valence-electron chi connectivity index (χ3n) is 5.21. The maximum Gasteiger partial charge on any atom is 0.231 e. The van der Waals surface area contributed by atoms with Crippen LogP contribution in [0.3, 0.4) is 0 Å². The molecule has 2 N–H and O–H groups in total. The second-order valence-electron chi connectivity index (χ2n) is 7.03. The number of fused-ring (bicyclic) bond motifs is 1.